The second kappa shape index (κ2) is 8.92. The number of nitrogens with zero attached hydrogens (tertiary/aromatic N) is 4. The van der Waals surface area contributed by atoms with Gasteiger partial charge in [-0.25, -0.2) is 0 Å². The molecule has 0 aromatic carbocycles. The molecule has 1 aromatic rings. The smallest absolute Gasteiger partial charge is 0.231 e. The summed E-state index contributed by atoms with van der Waals surface area (Å²) in [7, 11) is 1.84. The molecule has 0 saturated carbocycles. The van der Waals surface area contributed by atoms with E-state index in [0.29, 0.717) is 11.9 Å². The van der Waals surface area contributed by atoms with Crippen molar-refractivity contribution in [3.63, 3.8) is 0 Å². The summed E-state index contributed by atoms with van der Waals surface area (Å²) >= 11 is 1.91. The van der Waals surface area contributed by atoms with Crippen LogP contribution in [-0.2, 0) is 0 Å². The van der Waals surface area contributed by atoms with E-state index >= 15 is 0 Å². The van der Waals surface area contributed by atoms with Crippen LogP contribution in [0, 0.1) is 0 Å². The average Bonchev–Trinajstić information content (AvgIpc) is 3.05. The van der Waals surface area contributed by atoms with Gasteiger partial charge in [-0.1, -0.05) is 6.42 Å². The number of anilines is 3. The summed E-state index contributed by atoms with van der Waals surface area (Å²) in [5.41, 5.74) is 0. The second-order valence-corrected chi connectivity index (χ2v) is 6.19. The minimum atomic E-state index is 0.636. The van der Waals surface area contributed by atoms with Crippen LogP contribution in [0.1, 0.15) is 32.1 Å². The van der Waals surface area contributed by atoms with Crippen LogP contribution in [-0.4, -0.2) is 53.6 Å². The van der Waals surface area contributed by atoms with Gasteiger partial charge < -0.3 is 15.5 Å². The molecule has 0 aliphatic carbocycles. The Morgan fingerprint density at radius 2 is 1.81 bits per heavy atom. The van der Waals surface area contributed by atoms with E-state index in [1.165, 1.54) is 31.4 Å². The summed E-state index contributed by atoms with van der Waals surface area (Å²) < 4.78 is 0. The van der Waals surface area contributed by atoms with Gasteiger partial charge in [0.15, 0.2) is 0 Å². The van der Waals surface area contributed by atoms with E-state index in [-0.39, 0.29) is 0 Å². The Balaban J connectivity index is 1.87. The van der Waals surface area contributed by atoms with Crippen molar-refractivity contribution < 1.29 is 0 Å². The number of hydrogen-bond acceptors (Lipinski definition) is 7. The molecule has 0 spiro atoms. The van der Waals surface area contributed by atoms with Gasteiger partial charge in [-0.05, 0) is 37.7 Å². The molecule has 2 rings (SSSR count). The van der Waals surface area contributed by atoms with Crippen molar-refractivity contribution in [2.24, 2.45) is 0 Å². The van der Waals surface area contributed by atoms with Crippen molar-refractivity contribution in [2.75, 3.05) is 54.2 Å². The van der Waals surface area contributed by atoms with Crippen LogP contribution in [0.25, 0.3) is 0 Å². The standard InChI is InChI=1S/C14H26N6S/c1-15-12-17-13(16-8-4-3-7-11-21-2)19-14(18-12)20-9-5-6-10-20/h3-11H2,1-2H3,(H2,15,16,17,18,19). The number of aromatic nitrogens is 3. The topological polar surface area (TPSA) is 66.0 Å². The minimum Gasteiger partial charge on any atom is -0.357 e. The predicted octanol–water partition coefficient (Wildman–Crippen LogP) is 2.46. The Hall–Kier alpha value is -1.24. The van der Waals surface area contributed by atoms with Crippen LogP contribution < -0.4 is 15.5 Å². The van der Waals surface area contributed by atoms with Crippen LogP contribution in [0.4, 0.5) is 17.8 Å². The molecule has 1 fully saturated rings. The number of nitrogens with one attached hydrogen (secondary N) is 2. The third-order valence-corrected chi connectivity index (χ3v) is 4.24. The van der Waals surface area contributed by atoms with Crippen LogP contribution in [0.5, 0.6) is 0 Å². The molecular formula is C14H26N6S. The summed E-state index contributed by atoms with van der Waals surface area (Å²) in [5.74, 6) is 3.35. The largest absolute Gasteiger partial charge is 0.357 e. The quantitative estimate of drug-likeness (QED) is 0.679. The van der Waals surface area contributed by atoms with Crippen molar-refractivity contribution in [1.82, 2.24) is 15.0 Å². The maximum Gasteiger partial charge on any atom is 0.231 e. The van der Waals surface area contributed by atoms with E-state index in [0.717, 1.165) is 32.0 Å². The Morgan fingerprint density at radius 3 is 2.52 bits per heavy atom. The monoisotopic (exact) mass is 310 g/mol. The summed E-state index contributed by atoms with van der Waals surface area (Å²) in [6.45, 7) is 3.00. The van der Waals surface area contributed by atoms with Gasteiger partial charge in [0.2, 0.25) is 17.8 Å². The molecule has 0 bridgehead atoms. The van der Waals surface area contributed by atoms with E-state index in [9.17, 15) is 0 Å². The fourth-order valence-electron chi connectivity index (χ4n) is 2.36. The molecular weight excluding hydrogens is 284 g/mol. The Bertz CT molecular complexity index is 422. The molecule has 21 heavy (non-hydrogen) atoms. The van der Waals surface area contributed by atoms with Gasteiger partial charge in [-0.15, -0.1) is 0 Å². The van der Waals surface area contributed by atoms with Crippen LogP contribution in [0.2, 0.25) is 0 Å². The van der Waals surface area contributed by atoms with Gasteiger partial charge in [-0.3, -0.25) is 0 Å². The van der Waals surface area contributed by atoms with E-state index in [2.05, 4.69) is 36.7 Å². The van der Waals surface area contributed by atoms with Crippen LogP contribution in [0.15, 0.2) is 0 Å². The van der Waals surface area contributed by atoms with Gasteiger partial charge in [0.1, 0.15) is 0 Å². The number of rotatable bonds is 9. The summed E-state index contributed by atoms with van der Waals surface area (Å²) in [4.78, 5) is 15.6. The second-order valence-electron chi connectivity index (χ2n) is 5.21. The molecule has 1 aliphatic heterocycles. The Labute approximate surface area is 131 Å². The fraction of sp³-hybridized carbons (Fsp3) is 0.786. The van der Waals surface area contributed by atoms with E-state index in [1.807, 2.05) is 18.8 Å². The maximum atomic E-state index is 4.55. The molecule has 1 saturated heterocycles. The molecule has 2 heterocycles. The maximum absolute atomic E-state index is 4.55. The first-order valence-electron chi connectivity index (χ1n) is 7.75. The van der Waals surface area contributed by atoms with Crippen molar-refractivity contribution in [2.45, 2.75) is 32.1 Å². The SMILES string of the molecule is CNc1nc(NCCCCCSC)nc(N2CCCC2)n1. The molecule has 118 valence electrons. The van der Waals surface area contributed by atoms with Crippen molar-refractivity contribution in [3.8, 4) is 0 Å². The molecule has 0 amide bonds. The first kappa shape index (κ1) is 16.1. The van der Waals surface area contributed by atoms with E-state index in [1.54, 1.807) is 0 Å². The van der Waals surface area contributed by atoms with Crippen LogP contribution >= 0.6 is 11.8 Å². The first-order valence-corrected chi connectivity index (χ1v) is 9.14. The molecule has 0 atom stereocenters. The zero-order valence-corrected chi connectivity index (χ0v) is 13.9. The Morgan fingerprint density at radius 1 is 1.05 bits per heavy atom. The minimum absolute atomic E-state index is 0.636. The molecule has 1 aliphatic rings. The van der Waals surface area contributed by atoms with Crippen molar-refractivity contribution in [3.05, 3.63) is 0 Å². The molecule has 1 aromatic heterocycles. The Kier molecular flexibility index (Phi) is 6.85. The lowest BCUT2D eigenvalue weighted by atomic mass is 10.2. The molecule has 0 radical (unpaired) electrons. The number of thioether (sulfide) groups is 1. The third-order valence-electron chi connectivity index (χ3n) is 3.54. The van der Waals surface area contributed by atoms with E-state index in [4.69, 9.17) is 0 Å². The normalized spacial score (nSPS) is 14.5. The first-order chi connectivity index (χ1) is 10.3. The highest BCUT2D eigenvalue weighted by molar-refractivity contribution is 7.98. The van der Waals surface area contributed by atoms with Crippen LogP contribution in [0.3, 0.4) is 0 Å². The van der Waals surface area contributed by atoms with Crippen molar-refractivity contribution >= 4 is 29.6 Å². The molecule has 2 N–H and O–H groups in total. The fourth-order valence-corrected chi connectivity index (χ4v) is 2.86. The highest BCUT2D eigenvalue weighted by Gasteiger charge is 2.16. The number of unbranched alkanes of at least 4 members (excludes halogenated alkanes) is 2. The lowest BCUT2D eigenvalue weighted by molar-refractivity contribution is 0.745. The van der Waals surface area contributed by atoms with Gasteiger partial charge >= 0.3 is 0 Å². The molecule has 6 nitrogen and oxygen atoms in total. The zero-order valence-electron chi connectivity index (χ0n) is 13.1. The van der Waals surface area contributed by atoms with Gasteiger partial charge in [0.05, 0.1) is 0 Å². The molecule has 7 heteroatoms. The zero-order chi connectivity index (χ0) is 14.9. The van der Waals surface area contributed by atoms with Gasteiger partial charge in [-0.2, -0.15) is 26.7 Å². The lowest BCUT2D eigenvalue weighted by Gasteiger charge is -2.16. The predicted molar refractivity (Wildman–Crippen MR) is 91.5 cm³/mol. The summed E-state index contributed by atoms with van der Waals surface area (Å²) in [6, 6.07) is 0. The third kappa shape index (κ3) is 5.22. The average molecular weight is 310 g/mol. The van der Waals surface area contributed by atoms with E-state index < -0.39 is 0 Å². The summed E-state index contributed by atoms with van der Waals surface area (Å²) in [5, 5.41) is 6.34. The lowest BCUT2D eigenvalue weighted by Crippen LogP contribution is -2.22. The molecule has 0 unspecified atom stereocenters. The number of hydrogen-bond donors (Lipinski definition) is 2. The van der Waals surface area contributed by atoms with Crippen molar-refractivity contribution in [1.29, 1.82) is 0 Å². The highest BCUT2D eigenvalue weighted by Crippen LogP contribution is 2.18. The summed E-state index contributed by atoms with van der Waals surface area (Å²) in [6.07, 6.45) is 8.28. The van der Waals surface area contributed by atoms with Gasteiger partial charge in [0.25, 0.3) is 0 Å². The highest BCUT2D eigenvalue weighted by atomic mass is 32.2. The van der Waals surface area contributed by atoms with Gasteiger partial charge in [0, 0.05) is 26.7 Å².